The van der Waals surface area contributed by atoms with Crippen LogP contribution in [0.15, 0.2) is 23.0 Å². The molecule has 5 heteroatoms. The Morgan fingerprint density at radius 2 is 2.10 bits per heavy atom. The van der Waals surface area contributed by atoms with Gasteiger partial charge in [0.2, 0.25) is 0 Å². The van der Waals surface area contributed by atoms with Gasteiger partial charge in [-0.05, 0) is 44.4 Å². The highest BCUT2D eigenvalue weighted by atomic mass is 16.5. The second-order valence-corrected chi connectivity index (χ2v) is 5.52. The van der Waals surface area contributed by atoms with Crippen LogP contribution in [0.25, 0.3) is 11.0 Å². The van der Waals surface area contributed by atoms with Crippen LogP contribution in [-0.4, -0.2) is 28.7 Å². The first-order valence-electron chi connectivity index (χ1n) is 7.25. The van der Waals surface area contributed by atoms with Crippen LogP contribution in [0.3, 0.4) is 0 Å². The minimum absolute atomic E-state index is 0.156. The molecule has 1 heterocycles. The molecule has 1 unspecified atom stereocenters. The maximum Gasteiger partial charge on any atom is 0.323 e. The summed E-state index contributed by atoms with van der Waals surface area (Å²) in [6, 6.07) is 6.84. The van der Waals surface area contributed by atoms with Gasteiger partial charge < -0.3 is 20.0 Å². The Balaban J connectivity index is 1.64. The fourth-order valence-corrected chi connectivity index (χ4v) is 2.84. The molecule has 3 rings (SSSR count). The first-order chi connectivity index (χ1) is 9.65. The minimum Gasteiger partial charge on any atom is -0.378 e. The maximum absolute atomic E-state index is 11.3. The zero-order valence-corrected chi connectivity index (χ0v) is 11.9. The van der Waals surface area contributed by atoms with E-state index >= 15 is 0 Å². The van der Waals surface area contributed by atoms with Crippen LogP contribution in [0, 0.1) is 0 Å². The van der Waals surface area contributed by atoms with Crippen molar-refractivity contribution in [3.8, 4) is 0 Å². The molecular formula is C15H21N3O2. The van der Waals surface area contributed by atoms with Crippen LogP contribution >= 0.6 is 0 Å². The molecule has 1 aromatic carbocycles. The number of rotatable bonds is 5. The summed E-state index contributed by atoms with van der Waals surface area (Å²) in [5, 5.41) is 3.61. The van der Waals surface area contributed by atoms with Crippen molar-refractivity contribution in [1.82, 2.24) is 15.3 Å². The van der Waals surface area contributed by atoms with Crippen LogP contribution in [0.4, 0.5) is 0 Å². The van der Waals surface area contributed by atoms with Gasteiger partial charge in [-0.15, -0.1) is 0 Å². The third-order valence-electron chi connectivity index (χ3n) is 4.02. The molecule has 0 radical (unpaired) electrons. The van der Waals surface area contributed by atoms with Crippen molar-refractivity contribution < 1.29 is 4.74 Å². The van der Waals surface area contributed by atoms with Crippen molar-refractivity contribution in [2.24, 2.45) is 0 Å². The monoisotopic (exact) mass is 275 g/mol. The van der Waals surface area contributed by atoms with E-state index in [1.165, 1.54) is 5.56 Å². The van der Waals surface area contributed by atoms with Gasteiger partial charge in [0, 0.05) is 18.7 Å². The Bertz CT molecular complexity index is 640. The molecule has 1 aromatic heterocycles. The summed E-state index contributed by atoms with van der Waals surface area (Å²) in [5.41, 5.74) is 2.75. The third kappa shape index (κ3) is 2.64. The molecule has 0 amide bonds. The van der Waals surface area contributed by atoms with Gasteiger partial charge in [0.25, 0.3) is 0 Å². The summed E-state index contributed by atoms with van der Waals surface area (Å²) in [6.45, 7) is 4.99. The Labute approximate surface area is 117 Å². The van der Waals surface area contributed by atoms with Crippen LogP contribution in [0.1, 0.15) is 38.3 Å². The highest BCUT2D eigenvalue weighted by Crippen LogP contribution is 2.26. The molecule has 1 aliphatic rings. The number of imidazole rings is 1. The average molecular weight is 275 g/mol. The zero-order valence-electron chi connectivity index (χ0n) is 11.9. The molecule has 1 aliphatic carbocycles. The Hall–Kier alpha value is -1.59. The fraction of sp³-hybridized carbons (Fsp3) is 0.533. The first kappa shape index (κ1) is 13.4. The zero-order chi connectivity index (χ0) is 14.1. The minimum atomic E-state index is -0.156. The number of nitrogens with one attached hydrogen (secondary N) is 3. The Morgan fingerprint density at radius 3 is 2.85 bits per heavy atom. The topological polar surface area (TPSA) is 69.9 Å². The normalized spacial score (nSPS) is 23.7. The molecule has 3 N–H and O–H groups in total. The average Bonchev–Trinajstić information content (AvgIpc) is 2.75. The maximum atomic E-state index is 11.3. The van der Waals surface area contributed by atoms with Gasteiger partial charge in [0.15, 0.2) is 0 Å². The Morgan fingerprint density at radius 1 is 1.35 bits per heavy atom. The van der Waals surface area contributed by atoms with Crippen LogP contribution < -0.4 is 11.0 Å². The lowest BCUT2D eigenvalue weighted by molar-refractivity contribution is -0.0120. The van der Waals surface area contributed by atoms with E-state index in [1.807, 2.05) is 19.1 Å². The van der Waals surface area contributed by atoms with E-state index in [0.717, 1.165) is 30.5 Å². The number of aromatic nitrogens is 2. The van der Waals surface area contributed by atoms with Gasteiger partial charge in [-0.1, -0.05) is 6.07 Å². The standard InChI is InChI=1S/C15H21N3O2/c1-3-20-12-7-11(8-12)16-9(2)10-4-5-13-14(6-10)18-15(19)17-13/h4-6,9,11-12,16H,3,7-8H2,1-2H3,(H2,17,18,19). The summed E-state index contributed by atoms with van der Waals surface area (Å²) in [6.07, 6.45) is 2.59. The third-order valence-corrected chi connectivity index (χ3v) is 4.02. The lowest BCUT2D eigenvalue weighted by atomic mass is 9.88. The van der Waals surface area contributed by atoms with Crippen molar-refractivity contribution in [1.29, 1.82) is 0 Å². The molecule has 2 aromatic rings. The Kier molecular flexibility index (Phi) is 3.63. The van der Waals surface area contributed by atoms with Gasteiger partial charge in [-0.25, -0.2) is 4.79 Å². The molecule has 20 heavy (non-hydrogen) atoms. The number of hydrogen-bond donors (Lipinski definition) is 3. The van der Waals surface area contributed by atoms with Gasteiger partial charge in [0.05, 0.1) is 17.1 Å². The van der Waals surface area contributed by atoms with Crippen LogP contribution in [-0.2, 0) is 4.74 Å². The highest BCUT2D eigenvalue weighted by Gasteiger charge is 2.30. The van der Waals surface area contributed by atoms with E-state index in [1.54, 1.807) is 0 Å². The van der Waals surface area contributed by atoms with Crippen LogP contribution in [0.2, 0.25) is 0 Å². The van der Waals surface area contributed by atoms with Gasteiger partial charge in [-0.2, -0.15) is 0 Å². The first-order valence-corrected chi connectivity index (χ1v) is 7.25. The number of ether oxygens (including phenoxy) is 1. The lowest BCUT2D eigenvalue weighted by Gasteiger charge is -2.37. The summed E-state index contributed by atoms with van der Waals surface area (Å²) >= 11 is 0. The van der Waals surface area contributed by atoms with Crippen molar-refractivity contribution >= 4 is 11.0 Å². The quantitative estimate of drug-likeness (QED) is 0.782. The SMILES string of the molecule is CCOC1CC(NC(C)c2ccc3[nH]c(=O)[nH]c3c2)C1. The largest absolute Gasteiger partial charge is 0.378 e. The van der Waals surface area contributed by atoms with Crippen molar-refractivity contribution in [3.05, 3.63) is 34.2 Å². The number of aromatic amines is 2. The predicted molar refractivity (Wildman–Crippen MR) is 78.9 cm³/mol. The van der Waals surface area contributed by atoms with Crippen molar-refractivity contribution in [3.63, 3.8) is 0 Å². The molecule has 0 bridgehead atoms. The molecule has 1 atom stereocenters. The molecule has 0 aliphatic heterocycles. The second-order valence-electron chi connectivity index (χ2n) is 5.52. The summed E-state index contributed by atoms with van der Waals surface area (Å²) in [7, 11) is 0. The van der Waals surface area contributed by atoms with E-state index in [4.69, 9.17) is 4.74 Å². The molecule has 1 fully saturated rings. The van der Waals surface area contributed by atoms with Crippen molar-refractivity contribution in [2.45, 2.75) is 44.9 Å². The van der Waals surface area contributed by atoms with E-state index in [-0.39, 0.29) is 11.7 Å². The molecule has 5 nitrogen and oxygen atoms in total. The second kappa shape index (κ2) is 5.42. The van der Waals surface area contributed by atoms with Crippen molar-refractivity contribution in [2.75, 3.05) is 6.61 Å². The smallest absolute Gasteiger partial charge is 0.323 e. The predicted octanol–water partition coefficient (Wildman–Crippen LogP) is 2.07. The molecule has 1 saturated carbocycles. The summed E-state index contributed by atoms with van der Waals surface area (Å²) < 4.78 is 5.57. The number of H-pyrrole nitrogens is 2. The molecule has 108 valence electrons. The van der Waals surface area contributed by atoms with Gasteiger partial charge in [-0.3, -0.25) is 0 Å². The molecule has 0 spiro atoms. The highest BCUT2D eigenvalue weighted by molar-refractivity contribution is 5.75. The number of hydrogen-bond acceptors (Lipinski definition) is 3. The van der Waals surface area contributed by atoms with E-state index in [0.29, 0.717) is 12.1 Å². The van der Waals surface area contributed by atoms with E-state index < -0.39 is 0 Å². The molecular weight excluding hydrogens is 254 g/mol. The summed E-state index contributed by atoms with van der Waals surface area (Å²) in [4.78, 5) is 16.8. The lowest BCUT2D eigenvalue weighted by Crippen LogP contribution is -2.46. The van der Waals surface area contributed by atoms with E-state index in [9.17, 15) is 4.79 Å². The number of fused-ring (bicyclic) bond motifs is 1. The fourth-order valence-electron chi connectivity index (χ4n) is 2.84. The number of benzene rings is 1. The molecule has 0 saturated heterocycles. The van der Waals surface area contributed by atoms with Gasteiger partial charge >= 0.3 is 5.69 Å². The van der Waals surface area contributed by atoms with E-state index in [2.05, 4.69) is 28.3 Å². The summed E-state index contributed by atoms with van der Waals surface area (Å²) in [5.74, 6) is 0. The van der Waals surface area contributed by atoms with Crippen LogP contribution in [0.5, 0.6) is 0 Å². The van der Waals surface area contributed by atoms with Gasteiger partial charge in [0.1, 0.15) is 0 Å².